The van der Waals surface area contributed by atoms with Gasteiger partial charge in [0.1, 0.15) is 5.75 Å². The fourth-order valence-electron chi connectivity index (χ4n) is 3.12. The lowest BCUT2D eigenvalue weighted by Crippen LogP contribution is -2.28. The molecule has 0 saturated heterocycles. The quantitative estimate of drug-likeness (QED) is 0.458. The van der Waals surface area contributed by atoms with Gasteiger partial charge in [0.15, 0.2) is 13.2 Å². The van der Waals surface area contributed by atoms with Gasteiger partial charge in [-0.05, 0) is 57.7 Å². The monoisotopic (exact) mass is 496 g/mol. The van der Waals surface area contributed by atoms with Crippen LogP contribution in [0.5, 0.6) is 5.75 Å². The highest BCUT2D eigenvalue weighted by Crippen LogP contribution is 2.33. The average Bonchev–Trinajstić information content (AvgIpc) is 3.62. The lowest BCUT2D eigenvalue weighted by Gasteiger charge is -2.12. The summed E-state index contributed by atoms with van der Waals surface area (Å²) in [5.74, 6) is -0.965. The van der Waals surface area contributed by atoms with Gasteiger partial charge >= 0.3 is 5.97 Å². The van der Waals surface area contributed by atoms with E-state index in [0.717, 1.165) is 28.1 Å². The molecule has 7 nitrogen and oxygen atoms in total. The van der Waals surface area contributed by atoms with E-state index in [4.69, 9.17) is 9.47 Å². The van der Waals surface area contributed by atoms with Gasteiger partial charge in [0.2, 0.25) is 0 Å². The molecule has 2 amide bonds. The Balaban J connectivity index is 1.28. The number of amides is 2. The SMILES string of the molecule is O=C(COC(=O)COc1ccc2ccccc2c1Br)Nc1ccccc1C(=O)NC1CC1. The van der Waals surface area contributed by atoms with E-state index in [1.807, 2.05) is 30.3 Å². The number of fused-ring (bicyclic) bond motifs is 1. The highest BCUT2D eigenvalue weighted by atomic mass is 79.9. The minimum Gasteiger partial charge on any atom is -0.481 e. The molecule has 1 aliphatic carbocycles. The minimum absolute atomic E-state index is 0.204. The first kappa shape index (κ1) is 21.8. The predicted molar refractivity (Wildman–Crippen MR) is 124 cm³/mol. The number of carbonyl (C=O) groups excluding carboxylic acids is 3. The molecule has 32 heavy (non-hydrogen) atoms. The highest BCUT2D eigenvalue weighted by molar-refractivity contribution is 9.10. The number of halogens is 1. The van der Waals surface area contributed by atoms with Gasteiger partial charge < -0.3 is 20.1 Å². The van der Waals surface area contributed by atoms with Gasteiger partial charge in [0.25, 0.3) is 11.8 Å². The van der Waals surface area contributed by atoms with Crippen molar-refractivity contribution in [2.45, 2.75) is 18.9 Å². The second-order valence-electron chi connectivity index (χ2n) is 7.39. The van der Waals surface area contributed by atoms with Crippen molar-refractivity contribution in [2.24, 2.45) is 0 Å². The standard InChI is InChI=1S/C24H21BrN2O5/c25-23-17-6-2-1-5-15(17)9-12-20(23)31-14-22(29)32-13-21(28)27-19-8-4-3-7-18(19)24(30)26-16-10-11-16/h1-9,12,16H,10-11,13-14H2,(H,26,30)(H,27,28). The maximum Gasteiger partial charge on any atom is 0.344 e. The molecule has 1 fully saturated rings. The Kier molecular flexibility index (Phi) is 6.70. The second kappa shape index (κ2) is 9.82. The fraction of sp³-hybridized carbons (Fsp3) is 0.208. The van der Waals surface area contributed by atoms with Gasteiger partial charge in [0.05, 0.1) is 15.7 Å². The minimum atomic E-state index is -0.681. The van der Waals surface area contributed by atoms with Crippen molar-refractivity contribution in [3.63, 3.8) is 0 Å². The molecule has 164 valence electrons. The van der Waals surface area contributed by atoms with Crippen LogP contribution < -0.4 is 15.4 Å². The summed E-state index contributed by atoms with van der Waals surface area (Å²) >= 11 is 3.49. The Bertz CT molecular complexity index is 1180. The van der Waals surface area contributed by atoms with E-state index in [-0.39, 0.29) is 18.6 Å². The Hall–Kier alpha value is -3.39. The van der Waals surface area contributed by atoms with Crippen LogP contribution in [0.15, 0.2) is 65.1 Å². The Labute approximate surface area is 193 Å². The number of rotatable bonds is 8. The molecule has 3 aromatic rings. The number of para-hydroxylation sites is 1. The van der Waals surface area contributed by atoms with Gasteiger partial charge in [-0.15, -0.1) is 0 Å². The molecular formula is C24H21BrN2O5. The van der Waals surface area contributed by atoms with Gasteiger partial charge in [-0.3, -0.25) is 9.59 Å². The maximum atomic E-state index is 12.3. The van der Waals surface area contributed by atoms with E-state index in [1.165, 1.54) is 0 Å². The Morgan fingerprint density at radius 1 is 0.938 bits per heavy atom. The molecule has 8 heteroatoms. The van der Waals surface area contributed by atoms with E-state index in [9.17, 15) is 14.4 Å². The Morgan fingerprint density at radius 3 is 2.50 bits per heavy atom. The second-order valence-corrected chi connectivity index (χ2v) is 8.18. The number of carbonyl (C=O) groups is 3. The van der Waals surface area contributed by atoms with E-state index in [2.05, 4.69) is 26.6 Å². The molecule has 0 aromatic heterocycles. The van der Waals surface area contributed by atoms with Crippen molar-refractivity contribution in [3.05, 3.63) is 70.7 Å². The number of benzene rings is 3. The summed E-state index contributed by atoms with van der Waals surface area (Å²) in [6, 6.07) is 18.3. The largest absolute Gasteiger partial charge is 0.481 e. The first-order chi connectivity index (χ1) is 15.5. The van der Waals surface area contributed by atoms with Crippen molar-refractivity contribution in [2.75, 3.05) is 18.5 Å². The van der Waals surface area contributed by atoms with Crippen LogP contribution in [0.25, 0.3) is 10.8 Å². The van der Waals surface area contributed by atoms with E-state index in [1.54, 1.807) is 30.3 Å². The molecule has 0 aliphatic heterocycles. The summed E-state index contributed by atoms with van der Waals surface area (Å²) in [6.07, 6.45) is 1.93. The van der Waals surface area contributed by atoms with Gasteiger partial charge in [-0.1, -0.05) is 42.5 Å². The molecule has 2 N–H and O–H groups in total. The van der Waals surface area contributed by atoms with E-state index < -0.39 is 18.5 Å². The third-order valence-electron chi connectivity index (χ3n) is 4.90. The molecule has 0 bridgehead atoms. The van der Waals surface area contributed by atoms with Crippen LogP contribution in [0, 0.1) is 0 Å². The van der Waals surface area contributed by atoms with Gasteiger partial charge in [-0.2, -0.15) is 0 Å². The molecule has 1 aliphatic rings. The summed E-state index contributed by atoms with van der Waals surface area (Å²) in [6.45, 7) is -0.829. The number of nitrogens with one attached hydrogen (secondary N) is 2. The number of esters is 1. The van der Waals surface area contributed by atoms with Gasteiger partial charge in [0, 0.05) is 6.04 Å². The topological polar surface area (TPSA) is 93.7 Å². The summed E-state index contributed by atoms with van der Waals surface area (Å²) in [7, 11) is 0. The zero-order valence-corrected chi connectivity index (χ0v) is 18.7. The van der Waals surface area contributed by atoms with Crippen LogP contribution in [-0.2, 0) is 14.3 Å². The third kappa shape index (κ3) is 5.45. The van der Waals surface area contributed by atoms with Crippen molar-refractivity contribution >= 4 is 50.2 Å². The highest BCUT2D eigenvalue weighted by Gasteiger charge is 2.25. The zero-order valence-electron chi connectivity index (χ0n) is 17.1. The predicted octanol–water partition coefficient (Wildman–Crippen LogP) is 4.06. The molecule has 0 spiro atoms. The zero-order chi connectivity index (χ0) is 22.5. The number of ether oxygens (including phenoxy) is 2. The van der Waals surface area contributed by atoms with Crippen LogP contribution in [0.1, 0.15) is 23.2 Å². The lowest BCUT2D eigenvalue weighted by atomic mass is 10.1. The first-order valence-corrected chi connectivity index (χ1v) is 11.0. The molecule has 0 unspecified atom stereocenters. The van der Waals surface area contributed by atoms with Crippen molar-refractivity contribution in [3.8, 4) is 5.75 Å². The maximum absolute atomic E-state index is 12.3. The van der Waals surface area contributed by atoms with E-state index in [0.29, 0.717) is 17.0 Å². The summed E-state index contributed by atoms with van der Waals surface area (Å²) in [4.78, 5) is 36.6. The molecule has 3 aromatic carbocycles. The fourth-order valence-corrected chi connectivity index (χ4v) is 3.72. The normalized spacial score (nSPS) is 12.8. The molecule has 0 atom stereocenters. The lowest BCUT2D eigenvalue weighted by molar-refractivity contribution is -0.149. The summed E-state index contributed by atoms with van der Waals surface area (Å²) in [5, 5.41) is 7.50. The molecule has 1 saturated carbocycles. The molecule has 0 heterocycles. The number of hydrogen-bond acceptors (Lipinski definition) is 5. The molecule has 0 radical (unpaired) electrons. The van der Waals surface area contributed by atoms with Crippen molar-refractivity contribution < 1.29 is 23.9 Å². The van der Waals surface area contributed by atoms with Crippen LogP contribution in [-0.4, -0.2) is 37.0 Å². The smallest absolute Gasteiger partial charge is 0.344 e. The Morgan fingerprint density at radius 2 is 1.69 bits per heavy atom. The summed E-state index contributed by atoms with van der Waals surface area (Å²) < 4.78 is 11.3. The van der Waals surface area contributed by atoms with E-state index >= 15 is 0 Å². The van der Waals surface area contributed by atoms with Crippen LogP contribution in [0.4, 0.5) is 5.69 Å². The van der Waals surface area contributed by atoms with Crippen LogP contribution in [0.2, 0.25) is 0 Å². The van der Waals surface area contributed by atoms with Crippen molar-refractivity contribution in [1.29, 1.82) is 0 Å². The van der Waals surface area contributed by atoms with Crippen LogP contribution in [0.3, 0.4) is 0 Å². The van der Waals surface area contributed by atoms with Gasteiger partial charge in [-0.25, -0.2) is 4.79 Å². The molecule has 4 rings (SSSR count). The average molecular weight is 497 g/mol. The number of hydrogen-bond donors (Lipinski definition) is 2. The molecular weight excluding hydrogens is 476 g/mol. The van der Waals surface area contributed by atoms with Crippen molar-refractivity contribution in [1.82, 2.24) is 5.32 Å². The van der Waals surface area contributed by atoms with Crippen LogP contribution >= 0.6 is 15.9 Å². The first-order valence-electron chi connectivity index (χ1n) is 10.2. The summed E-state index contributed by atoms with van der Waals surface area (Å²) in [5.41, 5.74) is 0.728. The third-order valence-corrected chi connectivity index (χ3v) is 5.71. The number of anilines is 1.